The van der Waals surface area contributed by atoms with Gasteiger partial charge in [-0.25, -0.2) is 19.2 Å². The van der Waals surface area contributed by atoms with Crippen molar-refractivity contribution in [3.63, 3.8) is 0 Å². The molecule has 0 radical (unpaired) electrons. The first-order chi connectivity index (χ1) is 15.2. The molecule has 0 aliphatic carbocycles. The maximum absolute atomic E-state index is 13.1. The van der Waals surface area contributed by atoms with Crippen LogP contribution in [0.25, 0.3) is 22.3 Å². The fraction of sp³-hybridized carbons (Fsp3) is 0.174. The van der Waals surface area contributed by atoms with Gasteiger partial charge in [0, 0.05) is 37.6 Å². The maximum Gasteiger partial charge on any atom is 0.321 e. The monoisotopic (exact) mass is 416 g/mol. The number of nitrogens with one attached hydrogen (secondary N) is 2. The summed E-state index contributed by atoms with van der Waals surface area (Å²) in [5, 5.41) is 3.78. The highest BCUT2D eigenvalue weighted by atomic mass is 19.1. The summed E-state index contributed by atoms with van der Waals surface area (Å²) in [6.07, 6.45) is 1.57. The minimum absolute atomic E-state index is 0.188. The van der Waals surface area contributed by atoms with E-state index in [0.717, 1.165) is 28.1 Å². The molecule has 0 unspecified atom stereocenters. The zero-order chi connectivity index (χ0) is 21.2. The molecule has 1 fully saturated rings. The van der Waals surface area contributed by atoms with E-state index in [4.69, 9.17) is 0 Å². The van der Waals surface area contributed by atoms with Crippen LogP contribution in [0.15, 0.2) is 67.0 Å². The van der Waals surface area contributed by atoms with Gasteiger partial charge in [-0.1, -0.05) is 30.3 Å². The maximum atomic E-state index is 13.1. The van der Waals surface area contributed by atoms with E-state index in [1.807, 2.05) is 18.2 Å². The molecule has 2 N–H and O–H groups in total. The number of urea groups is 1. The number of nitrogens with zero attached hydrogens (tertiary/aromatic N) is 4. The summed E-state index contributed by atoms with van der Waals surface area (Å²) in [4.78, 5) is 28.7. The fourth-order valence-corrected chi connectivity index (χ4v) is 3.81. The lowest BCUT2D eigenvalue weighted by atomic mass is 10.1. The largest absolute Gasteiger partial charge is 0.352 e. The third-order valence-electron chi connectivity index (χ3n) is 5.45. The molecule has 3 heterocycles. The molecule has 2 aromatic heterocycles. The Labute approximate surface area is 178 Å². The predicted octanol–water partition coefficient (Wildman–Crippen LogP) is 4.12. The number of carbonyl (C=O) groups is 1. The highest BCUT2D eigenvalue weighted by Crippen LogP contribution is 2.29. The van der Waals surface area contributed by atoms with E-state index < -0.39 is 0 Å². The van der Waals surface area contributed by atoms with Crippen LogP contribution in [0.5, 0.6) is 0 Å². The Hall–Kier alpha value is -3.94. The Morgan fingerprint density at radius 3 is 2.45 bits per heavy atom. The molecule has 2 amide bonds. The van der Waals surface area contributed by atoms with Crippen LogP contribution in [0.4, 0.5) is 20.7 Å². The number of aromatic nitrogens is 3. The minimum Gasteiger partial charge on any atom is -0.352 e. The van der Waals surface area contributed by atoms with Crippen molar-refractivity contribution in [3.8, 4) is 11.3 Å². The molecule has 2 aromatic carbocycles. The van der Waals surface area contributed by atoms with Gasteiger partial charge < -0.3 is 20.1 Å². The Balaban J connectivity index is 1.29. The average molecular weight is 416 g/mol. The van der Waals surface area contributed by atoms with Crippen LogP contribution in [0.2, 0.25) is 0 Å². The van der Waals surface area contributed by atoms with Crippen molar-refractivity contribution in [3.05, 3.63) is 72.8 Å². The number of carbonyl (C=O) groups excluding carboxylic acids is 1. The number of anilines is 2. The van der Waals surface area contributed by atoms with Gasteiger partial charge in [-0.2, -0.15) is 0 Å². The van der Waals surface area contributed by atoms with Gasteiger partial charge in [-0.3, -0.25) is 0 Å². The van der Waals surface area contributed by atoms with Gasteiger partial charge in [0.15, 0.2) is 0 Å². The van der Waals surface area contributed by atoms with E-state index in [9.17, 15) is 9.18 Å². The topological polar surface area (TPSA) is 77.2 Å². The summed E-state index contributed by atoms with van der Waals surface area (Å²) < 4.78 is 13.1. The first-order valence-corrected chi connectivity index (χ1v) is 10.1. The quantitative estimate of drug-likeness (QED) is 0.527. The van der Waals surface area contributed by atoms with Crippen molar-refractivity contribution in [2.24, 2.45) is 0 Å². The van der Waals surface area contributed by atoms with Crippen molar-refractivity contribution in [2.45, 2.75) is 0 Å². The standard InChI is InChI=1S/C23H21FN6O/c24-17-6-8-18(9-7-17)27-23(31)30-12-10-29(11-13-30)22-19-14-20(16-4-2-1-3-5-16)28-21(19)25-15-26-22/h1-9,14-15H,10-13H2,(H,27,31)(H,25,26,28). The number of aromatic amines is 1. The normalized spacial score (nSPS) is 14.1. The van der Waals surface area contributed by atoms with Gasteiger partial charge >= 0.3 is 6.03 Å². The summed E-state index contributed by atoms with van der Waals surface area (Å²) >= 11 is 0. The second kappa shape index (κ2) is 8.06. The molecule has 0 bridgehead atoms. The summed E-state index contributed by atoms with van der Waals surface area (Å²) in [6, 6.07) is 17.8. The molecule has 1 aliphatic rings. The number of benzene rings is 2. The van der Waals surface area contributed by atoms with Gasteiger partial charge in [0.25, 0.3) is 0 Å². The number of H-pyrrole nitrogens is 1. The molecule has 1 saturated heterocycles. The molecular weight excluding hydrogens is 395 g/mol. The summed E-state index contributed by atoms with van der Waals surface area (Å²) in [7, 11) is 0. The second-order valence-electron chi connectivity index (χ2n) is 7.42. The smallest absolute Gasteiger partial charge is 0.321 e. The number of hydrogen-bond donors (Lipinski definition) is 2. The Morgan fingerprint density at radius 1 is 0.968 bits per heavy atom. The minimum atomic E-state index is -0.331. The number of fused-ring (bicyclic) bond motifs is 1. The first kappa shape index (κ1) is 19.0. The Bertz CT molecular complexity index is 1200. The Kier molecular flexibility index (Phi) is 4.95. The van der Waals surface area contributed by atoms with E-state index in [0.29, 0.717) is 31.9 Å². The molecule has 0 saturated carbocycles. The molecule has 0 spiro atoms. The number of halogens is 1. The molecule has 4 aromatic rings. The van der Waals surface area contributed by atoms with Crippen molar-refractivity contribution in [1.29, 1.82) is 0 Å². The highest BCUT2D eigenvalue weighted by molar-refractivity contribution is 5.92. The molecular formula is C23H21FN6O. The zero-order valence-corrected chi connectivity index (χ0v) is 16.8. The van der Waals surface area contributed by atoms with Crippen LogP contribution in [0, 0.1) is 5.82 Å². The van der Waals surface area contributed by atoms with Gasteiger partial charge in [-0.15, -0.1) is 0 Å². The van der Waals surface area contributed by atoms with Crippen LogP contribution in [0.1, 0.15) is 0 Å². The Morgan fingerprint density at radius 2 is 1.71 bits per heavy atom. The molecule has 5 rings (SSSR count). The lowest BCUT2D eigenvalue weighted by Crippen LogP contribution is -2.50. The predicted molar refractivity (Wildman–Crippen MR) is 119 cm³/mol. The van der Waals surface area contributed by atoms with Gasteiger partial charge in [0.05, 0.1) is 5.39 Å². The van der Waals surface area contributed by atoms with Gasteiger partial charge in [-0.05, 0) is 35.9 Å². The molecule has 8 heteroatoms. The van der Waals surface area contributed by atoms with Gasteiger partial charge in [0.2, 0.25) is 0 Å². The van der Waals surface area contributed by atoms with Crippen LogP contribution in [-0.2, 0) is 0 Å². The third-order valence-corrected chi connectivity index (χ3v) is 5.45. The number of amides is 2. The highest BCUT2D eigenvalue weighted by Gasteiger charge is 2.24. The molecule has 7 nitrogen and oxygen atoms in total. The van der Waals surface area contributed by atoms with Crippen LogP contribution >= 0.6 is 0 Å². The van der Waals surface area contributed by atoms with E-state index >= 15 is 0 Å². The lowest BCUT2D eigenvalue weighted by molar-refractivity contribution is 0.208. The van der Waals surface area contributed by atoms with E-state index in [2.05, 4.69) is 43.4 Å². The SMILES string of the molecule is O=C(Nc1ccc(F)cc1)N1CCN(c2ncnc3[nH]c(-c4ccccc4)cc23)CC1. The van der Waals surface area contributed by atoms with Crippen LogP contribution < -0.4 is 10.2 Å². The number of rotatable bonds is 3. The van der Waals surface area contributed by atoms with Gasteiger partial charge in [0.1, 0.15) is 23.6 Å². The lowest BCUT2D eigenvalue weighted by Gasteiger charge is -2.35. The van der Waals surface area contributed by atoms with Crippen molar-refractivity contribution in [2.75, 3.05) is 36.4 Å². The van der Waals surface area contributed by atoms with Crippen molar-refractivity contribution >= 4 is 28.6 Å². The molecule has 0 atom stereocenters. The van der Waals surface area contributed by atoms with Crippen LogP contribution in [-0.4, -0.2) is 52.1 Å². The molecule has 156 valence electrons. The van der Waals surface area contributed by atoms with E-state index in [1.165, 1.54) is 12.1 Å². The van der Waals surface area contributed by atoms with E-state index in [-0.39, 0.29) is 11.8 Å². The number of piperazine rings is 1. The van der Waals surface area contributed by atoms with Crippen molar-refractivity contribution in [1.82, 2.24) is 19.9 Å². The van der Waals surface area contributed by atoms with Crippen molar-refractivity contribution < 1.29 is 9.18 Å². The van der Waals surface area contributed by atoms with E-state index in [1.54, 1.807) is 23.4 Å². The summed E-state index contributed by atoms with van der Waals surface area (Å²) in [6.45, 7) is 2.45. The second-order valence-corrected chi connectivity index (χ2v) is 7.42. The fourth-order valence-electron chi connectivity index (χ4n) is 3.81. The molecule has 1 aliphatic heterocycles. The molecule has 31 heavy (non-hydrogen) atoms. The zero-order valence-electron chi connectivity index (χ0n) is 16.8. The summed E-state index contributed by atoms with van der Waals surface area (Å²) in [5.74, 6) is 0.532. The summed E-state index contributed by atoms with van der Waals surface area (Å²) in [5.41, 5.74) is 3.45. The first-order valence-electron chi connectivity index (χ1n) is 10.1. The average Bonchev–Trinajstić information content (AvgIpc) is 3.26. The van der Waals surface area contributed by atoms with Crippen LogP contribution in [0.3, 0.4) is 0 Å². The third kappa shape index (κ3) is 3.92. The number of hydrogen-bond acceptors (Lipinski definition) is 4.